The average molecular weight is 352 g/mol. The second kappa shape index (κ2) is 15.2. The predicted molar refractivity (Wildman–Crippen MR) is 97.2 cm³/mol. The molecule has 0 aliphatic carbocycles. The van der Waals surface area contributed by atoms with Crippen molar-refractivity contribution in [2.24, 2.45) is 0 Å². The van der Waals surface area contributed by atoms with Crippen molar-refractivity contribution in [1.82, 2.24) is 0 Å². The van der Waals surface area contributed by atoms with Crippen LogP contribution in [0.15, 0.2) is 35.7 Å². The van der Waals surface area contributed by atoms with E-state index in [2.05, 4.69) is 0 Å². The summed E-state index contributed by atoms with van der Waals surface area (Å²) in [4.78, 5) is 31.3. The van der Waals surface area contributed by atoms with Crippen LogP contribution >= 0.6 is 0 Å². The van der Waals surface area contributed by atoms with E-state index in [0.29, 0.717) is 25.7 Å². The van der Waals surface area contributed by atoms with E-state index >= 15 is 0 Å². The molecule has 0 bridgehead atoms. The Bertz CT molecular complexity index is 510. The molecule has 0 aromatic heterocycles. The Hall–Kier alpha value is -2.31. The summed E-state index contributed by atoms with van der Waals surface area (Å²) >= 11 is 0. The highest BCUT2D eigenvalue weighted by molar-refractivity contribution is 5.48. The fourth-order valence-electron chi connectivity index (χ4n) is 2.19. The van der Waals surface area contributed by atoms with E-state index in [4.69, 9.17) is 0 Å². The van der Waals surface area contributed by atoms with Gasteiger partial charge in [-0.1, -0.05) is 31.9 Å². The number of rotatable bonds is 15. The Morgan fingerprint density at radius 1 is 0.880 bits per heavy atom. The number of carbonyl (C=O) groups excluding carboxylic acids is 1. The largest absolute Gasteiger partial charge is 0.303 e. The van der Waals surface area contributed by atoms with Crippen LogP contribution in [0.5, 0.6) is 0 Å². The topological polar surface area (TPSA) is 103 Å². The van der Waals surface area contributed by atoms with E-state index in [1.807, 2.05) is 19.1 Å². The Labute approximate surface area is 148 Å². The third-order valence-electron chi connectivity index (χ3n) is 3.65. The van der Waals surface area contributed by atoms with Crippen LogP contribution in [0.3, 0.4) is 0 Å². The molecule has 0 radical (unpaired) electrons. The molecule has 0 rings (SSSR count). The minimum Gasteiger partial charge on any atom is -0.303 e. The van der Waals surface area contributed by atoms with Crippen LogP contribution < -0.4 is 0 Å². The van der Waals surface area contributed by atoms with E-state index in [1.165, 1.54) is 12.2 Å². The van der Waals surface area contributed by atoms with Gasteiger partial charge in [-0.25, -0.2) is 0 Å². The summed E-state index contributed by atoms with van der Waals surface area (Å²) < 4.78 is 0. The van der Waals surface area contributed by atoms with Crippen LogP contribution in [0.1, 0.15) is 71.1 Å². The van der Waals surface area contributed by atoms with Crippen LogP contribution in [-0.4, -0.2) is 16.1 Å². The number of nitrogens with zero attached hydrogens (tertiary/aromatic N) is 2. The van der Waals surface area contributed by atoms with Gasteiger partial charge in [0.15, 0.2) is 0 Å². The molecule has 0 amide bonds. The number of nitro groups is 2. The summed E-state index contributed by atoms with van der Waals surface area (Å²) in [6, 6.07) is 0. The molecule has 0 aromatic rings. The lowest BCUT2D eigenvalue weighted by molar-refractivity contribution is -0.432. The minimum atomic E-state index is -0.488. The molecule has 7 heteroatoms. The van der Waals surface area contributed by atoms with Crippen molar-refractivity contribution in [3.63, 3.8) is 0 Å². The van der Waals surface area contributed by atoms with Gasteiger partial charge in [-0.15, -0.1) is 0 Å². The highest BCUT2D eigenvalue weighted by atomic mass is 16.6. The maximum atomic E-state index is 11.1. The van der Waals surface area contributed by atoms with Gasteiger partial charge in [-0.3, -0.25) is 20.2 Å². The van der Waals surface area contributed by atoms with Crippen molar-refractivity contribution in [3.8, 4) is 0 Å². The van der Waals surface area contributed by atoms with E-state index in [9.17, 15) is 25.0 Å². The minimum absolute atomic E-state index is 0.0274. The lowest BCUT2D eigenvalue weighted by Crippen LogP contribution is -2.02. The smallest absolute Gasteiger partial charge is 0.246 e. The average Bonchev–Trinajstić information content (AvgIpc) is 2.57. The summed E-state index contributed by atoms with van der Waals surface area (Å²) in [5, 5.41) is 22.1. The van der Waals surface area contributed by atoms with Crippen LogP contribution in [-0.2, 0) is 4.79 Å². The van der Waals surface area contributed by atoms with Gasteiger partial charge in [0.25, 0.3) is 0 Å². The lowest BCUT2D eigenvalue weighted by Gasteiger charge is -1.99. The molecule has 7 nitrogen and oxygen atoms in total. The first-order valence-electron chi connectivity index (χ1n) is 8.78. The molecule has 0 saturated heterocycles. The highest BCUT2D eigenvalue weighted by Gasteiger charge is 2.14. The van der Waals surface area contributed by atoms with Crippen molar-refractivity contribution in [2.75, 3.05) is 0 Å². The molecule has 0 aliphatic rings. The molecule has 0 saturated carbocycles. The van der Waals surface area contributed by atoms with Crippen LogP contribution in [0.2, 0.25) is 0 Å². The number of hydrogen-bond donors (Lipinski definition) is 0. The van der Waals surface area contributed by atoms with E-state index < -0.39 is 9.85 Å². The first-order valence-corrected chi connectivity index (χ1v) is 8.78. The molecule has 0 unspecified atom stereocenters. The molecular weight excluding hydrogens is 324 g/mol. The Morgan fingerprint density at radius 3 is 2.16 bits per heavy atom. The zero-order valence-electron chi connectivity index (χ0n) is 14.9. The summed E-state index contributed by atoms with van der Waals surface area (Å²) in [6.45, 7) is 2.01. The number of unbranched alkanes of at least 4 members (excludes halogenated alkanes) is 5. The Morgan fingerprint density at radius 2 is 1.56 bits per heavy atom. The first kappa shape index (κ1) is 22.7. The van der Waals surface area contributed by atoms with Gasteiger partial charge in [0.1, 0.15) is 6.29 Å². The van der Waals surface area contributed by atoms with Crippen molar-refractivity contribution >= 4 is 6.29 Å². The fraction of sp³-hybridized carbons (Fsp3) is 0.611. The molecule has 0 spiro atoms. The second-order valence-electron chi connectivity index (χ2n) is 5.72. The highest BCUT2D eigenvalue weighted by Crippen LogP contribution is 2.14. The maximum Gasteiger partial charge on any atom is 0.246 e. The third kappa shape index (κ3) is 12.7. The third-order valence-corrected chi connectivity index (χ3v) is 3.65. The SMILES string of the molecule is CCCCC/C(=C/C/C(=C/C/C=C/CCCCC=O)[N+](=O)[O-])[N+](=O)[O-]. The summed E-state index contributed by atoms with van der Waals surface area (Å²) in [6.07, 6.45) is 14.0. The van der Waals surface area contributed by atoms with Crippen molar-refractivity contribution in [1.29, 1.82) is 0 Å². The zero-order valence-corrected chi connectivity index (χ0v) is 14.9. The van der Waals surface area contributed by atoms with Crippen LogP contribution in [0, 0.1) is 20.2 Å². The van der Waals surface area contributed by atoms with Crippen LogP contribution in [0.25, 0.3) is 0 Å². The fourth-order valence-corrected chi connectivity index (χ4v) is 2.19. The monoisotopic (exact) mass is 352 g/mol. The zero-order chi connectivity index (χ0) is 18.9. The molecule has 0 fully saturated rings. The van der Waals surface area contributed by atoms with Gasteiger partial charge in [0, 0.05) is 12.8 Å². The van der Waals surface area contributed by atoms with Gasteiger partial charge in [0.05, 0.1) is 16.3 Å². The molecule has 0 N–H and O–H groups in total. The number of carbonyl (C=O) groups is 1. The van der Waals surface area contributed by atoms with Crippen LogP contribution in [0.4, 0.5) is 0 Å². The van der Waals surface area contributed by atoms with Gasteiger partial charge in [0.2, 0.25) is 11.4 Å². The van der Waals surface area contributed by atoms with Gasteiger partial charge >= 0.3 is 0 Å². The predicted octanol–water partition coefficient (Wildman–Crippen LogP) is 4.98. The summed E-state index contributed by atoms with van der Waals surface area (Å²) in [5.74, 6) is 0. The molecule has 25 heavy (non-hydrogen) atoms. The standard InChI is InChI=1S/C18H28N2O5/c1-2-3-9-12-17(19(22)23)14-15-18(20(24)25)13-10-7-5-4-6-8-11-16-21/h5,7,13-14,16H,2-4,6,8-12,15H2,1H3/b7-5+,17-14-,18-13-. The number of allylic oxidation sites excluding steroid dienone is 5. The van der Waals surface area contributed by atoms with Crippen molar-refractivity contribution < 1.29 is 14.6 Å². The van der Waals surface area contributed by atoms with E-state index in [1.54, 1.807) is 0 Å². The Balaban J connectivity index is 4.53. The number of aldehydes is 1. The van der Waals surface area contributed by atoms with Gasteiger partial charge in [-0.2, -0.15) is 0 Å². The van der Waals surface area contributed by atoms with Gasteiger partial charge < -0.3 is 4.79 Å². The molecule has 140 valence electrons. The molecular formula is C18H28N2O5. The second-order valence-corrected chi connectivity index (χ2v) is 5.72. The lowest BCUT2D eigenvalue weighted by atomic mass is 10.1. The van der Waals surface area contributed by atoms with E-state index in [0.717, 1.165) is 38.4 Å². The quantitative estimate of drug-likeness (QED) is 0.136. The van der Waals surface area contributed by atoms with Crippen molar-refractivity contribution in [2.45, 2.75) is 71.1 Å². The Kier molecular flexibility index (Phi) is 13.8. The normalized spacial score (nSPS) is 12.5. The van der Waals surface area contributed by atoms with E-state index in [-0.39, 0.29) is 17.8 Å². The van der Waals surface area contributed by atoms with Gasteiger partial charge in [-0.05, 0) is 44.3 Å². The molecule has 0 aromatic carbocycles. The summed E-state index contributed by atoms with van der Waals surface area (Å²) in [7, 11) is 0. The molecule has 0 heterocycles. The molecule has 0 atom stereocenters. The number of hydrogen-bond acceptors (Lipinski definition) is 5. The molecule has 0 aliphatic heterocycles. The summed E-state index contributed by atoms with van der Waals surface area (Å²) in [5.41, 5.74) is 0.0207. The maximum absolute atomic E-state index is 11.1. The first-order chi connectivity index (χ1) is 12.0. The van der Waals surface area contributed by atoms with Crippen molar-refractivity contribution in [3.05, 3.63) is 55.9 Å².